The highest BCUT2D eigenvalue weighted by molar-refractivity contribution is 5.42. The number of ether oxygens (including phenoxy) is 1. The zero-order chi connectivity index (χ0) is 15.9. The molecule has 0 saturated heterocycles. The Morgan fingerprint density at radius 3 is 2.57 bits per heavy atom. The van der Waals surface area contributed by atoms with E-state index in [0.717, 1.165) is 12.6 Å². The van der Waals surface area contributed by atoms with Crippen LogP contribution < -0.4 is 16.6 Å². The zero-order valence-corrected chi connectivity index (χ0v) is 11.9. The van der Waals surface area contributed by atoms with Crippen LogP contribution in [0.4, 0.5) is 24.9 Å². The lowest BCUT2D eigenvalue weighted by molar-refractivity contribution is -0.141. The molecule has 0 spiro atoms. The minimum absolute atomic E-state index is 0.0292. The van der Waals surface area contributed by atoms with Gasteiger partial charge in [0.05, 0.1) is 13.2 Å². The lowest BCUT2D eigenvalue weighted by Crippen LogP contribution is -2.21. The number of alkyl halides is 3. The van der Waals surface area contributed by atoms with Crippen molar-refractivity contribution in [2.75, 3.05) is 51.1 Å². The van der Waals surface area contributed by atoms with Crippen LogP contribution in [-0.4, -0.2) is 55.3 Å². The first-order valence-electron chi connectivity index (χ1n) is 6.22. The van der Waals surface area contributed by atoms with Crippen LogP contribution in [0.3, 0.4) is 0 Å². The summed E-state index contributed by atoms with van der Waals surface area (Å²) in [6.45, 7) is 1.99. The SMILES string of the molecule is CN(C)CCOCCNc1cc(C(F)(F)F)nc(NN)n1. The molecule has 120 valence electrons. The molecule has 1 rings (SSSR count). The quantitative estimate of drug-likeness (QED) is 0.371. The van der Waals surface area contributed by atoms with Crippen molar-refractivity contribution in [3.63, 3.8) is 0 Å². The number of rotatable bonds is 8. The van der Waals surface area contributed by atoms with Gasteiger partial charge in [-0.3, -0.25) is 5.43 Å². The molecule has 0 aliphatic carbocycles. The number of nitrogens with one attached hydrogen (secondary N) is 2. The Hall–Kier alpha value is -1.65. The molecule has 0 aliphatic heterocycles. The maximum Gasteiger partial charge on any atom is 0.433 e. The van der Waals surface area contributed by atoms with Crippen LogP contribution >= 0.6 is 0 Å². The Morgan fingerprint density at radius 1 is 1.29 bits per heavy atom. The first kappa shape index (κ1) is 17.4. The van der Waals surface area contributed by atoms with E-state index in [1.807, 2.05) is 24.4 Å². The van der Waals surface area contributed by atoms with Crippen molar-refractivity contribution in [2.45, 2.75) is 6.18 Å². The molecule has 7 nitrogen and oxygen atoms in total. The first-order valence-corrected chi connectivity index (χ1v) is 6.22. The Kier molecular flexibility index (Phi) is 6.59. The number of likely N-dealkylation sites (N-methyl/N-ethyl adjacent to an activating group) is 1. The van der Waals surface area contributed by atoms with Crippen LogP contribution in [0, 0.1) is 0 Å². The summed E-state index contributed by atoms with van der Waals surface area (Å²) in [5.74, 6) is 4.78. The van der Waals surface area contributed by atoms with Crippen molar-refractivity contribution >= 4 is 11.8 Å². The van der Waals surface area contributed by atoms with Crippen molar-refractivity contribution in [3.05, 3.63) is 11.8 Å². The van der Waals surface area contributed by atoms with Crippen molar-refractivity contribution in [1.82, 2.24) is 14.9 Å². The molecule has 0 saturated carbocycles. The van der Waals surface area contributed by atoms with Gasteiger partial charge in [-0.05, 0) is 14.1 Å². The molecule has 0 radical (unpaired) electrons. The van der Waals surface area contributed by atoms with E-state index in [1.165, 1.54) is 0 Å². The van der Waals surface area contributed by atoms with E-state index in [-0.39, 0.29) is 11.8 Å². The molecule has 1 heterocycles. The number of halogens is 3. The molecular weight excluding hydrogens is 289 g/mol. The van der Waals surface area contributed by atoms with Gasteiger partial charge in [0.2, 0.25) is 5.95 Å². The van der Waals surface area contributed by atoms with Gasteiger partial charge in [-0.1, -0.05) is 0 Å². The van der Waals surface area contributed by atoms with Gasteiger partial charge in [0.15, 0.2) is 5.69 Å². The number of hydrazine groups is 1. The fraction of sp³-hybridized carbons (Fsp3) is 0.636. The number of nitrogens with zero attached hydrogens (tertiary/aromatic N) is 3. The van der Waals surface area contributed by atoms with Gasteiger partial charge < -0.3 is 15.0 Å². The highest BCUT2D eigenvalue weighted by Crippen LogP contribution is 2.29. The van der Waals surface area contributed by atoms with E-state index in [4.69, 9.17) is 10.6 Å². The van der Waals surface area contributed by atoms with E-state index in [1.54, 1.807) is 0 Å². The average Bonchev–Trinajstić information content (AvgIpc) is 2.41. The number of nitrogen functional groups attached to an aromatic ring is 1. The number of hydrogen-bond acceptors (Lipinski definition) is 7. The Balaban J connectivity index is 2.51. The van der Waals surface area contributed by atoms with Crippen molar-refractivity contribution in [3.8, 4) is 0 Å². The molecular formula is C11H19F3N6O. The molecule has 0 aromatic carbocycles. The number of aromatic nitrogens is 2. The lowest BCUT2D eigenvalue weighted by atomic mass is 10.4. The second-order valence-electron chi connectivity index (χ2n) is 4.45. The predicted molar refractivity (Wildman–Crippen MR) is 72.7 cm³/mol. The van der Waals surface area contributed by atoms with E-state index in [2.05, 4.69) is 15.3 Å². The molecule has 0 atom stereocenters. The van der Waals surface area contributed by atoms with Crippen LogP contribution in [0.25, 0.3) is 0 Å². The summed E-state index contributed by atoms with van der Waals surface area (Å²) in [6.07, 6.45) is -4.56. The second-order valence-corrected chi connectivity index (χ2v) is 4.45. The highest BCUT2D eigenvalue weighted by Gasteiger charge is 2.33. The summed E-state index contributed by atoms with van der Waals surface area (Å²) >= 11 is 0. The fourth-order valence-corrected chi connectivity index (χ4v) is 1.35. The molecule has 10 heteroatoms. The summed E-state index contributed by atoms with van der Waals surface area (Å²) in [6, 6.07) is 0.820. The highest BCUT2D eigenvalue weighted by atomic mass is 19.4. The second kappa shape index (κ2) is 7.96. The van der Waals surface area contributed by atoms with E-state index in [0.29, 0.717) is 19.8 Å². The van der Waals surface area contributed by atoms with Crippen molar-refractivity contribution < 1.29 is 17.9 Å². The molecule has 1 aromatic heterocycles. The summed E-state index contributed by atoms with van der Waals surface area (Å²) < 4.78 is 43.2. The van der Waals surface area contributed by atoms with Crippen LogP contribution in [-0.2, 0) is 10.9 Å². The van der Waals surface area contributed by atoms with Gasteiger partial charge in [-0.15, -0.1) is 0 Å². The molecule has 0 fully saturated rings. The largest absolute Gasteiger partial charge is 0.433 e. The van der Waals surface area contributed by atoms with Crippen molar-refractivity contribution in [1.29, 1.82) is 0 Å². The molecule has 0 amide bonds. The van der Waals surface area contributed by atoms with Crippen LogP contribution in [0.2, 0.25) is 0 Å². The van der Waals surface area contributed by atoms with Crippen LogP contribution in [0.5, 0.6) is 0 Å². The zero-order valence-electron chi connectivity index (χ0n) is 11.9. The molecule has 0 unspecified atom stereocenters. The number of hydrogen-bond donors (Lipinski definition) is 3. The van der Waals surface area contributed by atoms with Gasteiger partial charge in [-0.25, -0.2) is 10.8 Å². The van der Waals surface area contributed by atoms with E-state index >= 15 is 0 Å². The maximum absolute atomic E-state index is 12.6. The van der Waals surface area contributed by atoms with E-state index in [9.17, 15) is 13.2 Å². The minimum Gasteiger partial charge on any atom is -0.378 e. The predicted octanol–water partition coefficient (Wildman–Crippen LogP) is 0.771. The Morgan fingerprint density at radius 2 is 2.00 bits per heavy atom. The molecule has 4 N–H and O–H groups in total. The molecule has 0 aliphatic rings. The third kappa shape index (κ3) is 6.56. The summed E-state index contributed by atoms with van der Waals surface area (Å²) in [5.41, 5.74) is 0.936. The number of anilines is 2. The Bertz CT molecular complexity index is 440. The fourth-order valence-electron chi connectivity index (χ4n) is 1.35. The maximum atomic E-state index is 12.6. The molecule has 1 aromatic rings. The molecule has 21 heavy (non-hydrogen) atoms. The van der Waals surface area contributed by atoms with Gasteiger partial charge >= 0.3 is 6.18 Å². The monoisotopic (exact) mass is 308 g/mol. The van der Waals surface area contributed by atoms with Gasteiger partial charge in [-0.2, -0.15) is 18.2 Å². The smallest absolute Gasteiger partial charge is 0.378 e. The van der Waals surface area contributed by atoms with Gasteiger partial charge in [0.1, 0.15) is 5.82 Å². The normalized spacial score (nSPS) is 11.8. The van der Waals surface area contributed by atoms with Gasteiger partial charge in [0.25, 0.3) is 0 Å². The summed E-state index contributed by atoms with van der Waals surface area (Å²) in [7, 11) is 3.84. The lowest BCUT2D eigenvalue weighted by Gasteiger charge is -2.12. The standard InChI is InChI=1S/C11H19F3N6O/c1-20(2)4-6-21-5-3-16-9-7-8(11(12,13)14)17-10(18-9)19-15/h7H,3-6,15H2,1-2H3,(H2,16,17,18,19). The number of nitrogens with two attached hydrogens (primary N) is 1. The topological polar surface area (TPSA) is 88.3 Å². The Labute approximate surface area is 120 Å². The summed E-state index contributed by atoms with van der Waals surface area (Å²) in [5, 5.41) is 2.73. The molecule has 0 bridgehead atoms. The van der Waals surface area contributed by atoms with Crippen LogP contribution in [0.15, 0.2) is 6.07 Å². The third-order valence-electron chi connectivity index (χ3n) is 2.38. The average molecular weight is 308 g/mol. The van der Waals surface area contributed by atoms with Crippen LogP contribution in [0.1, 0.15) is 5.69 Å². The minimum atomic E-state index is -4.56. The third-order valence-corrected chi connectivity index (χ3v) is 2.38. The van der Waals surface area contributed by atoms with E-state index < -0.39 is 11.9 Å². The van der Waals surface area contributed by atoms with Gasteiger partial charge in [0, 0.05) is 19.2 Å². The first-order chi connectivity index (χ1) is 9.82. The summed E-state index contributed by atoms with van der Waals surface area (Å²) in [4.78, 5) is 9.01. The van der Waals surface area contributed by atoms with Crippen molar-refractivity contribution in [2.24, 2.45) is 5.84 Å².